The van der Waals surface area contributed by atoms with Crippen LogP contribution >= 0.6 is 0 Å². The van der Waals surface area contributed by atoms with E-state index in [9.17, 15) is 4.79 Å². The maximum Gasteiger partial charge on any atom is 0.165 e. The fourth-order valence-electron chi connectivity index (χ4n) is 3.00. The number of hydrogen-bond acceptors (Lipinski definition) is 1. The highest BCUT2D eigenvalue weighted by Crippen LogP contribution is 2.35. The van der Waals surface area contributed by atoms with Gasteiger partial charge in [0.2, 0.25) is 0 Å². The number of ketones is 1. The number of Topliss-reactive ketones (excluding diaryl/α,β-unsaturated/α-hetero) is 1. The number of carbonyl (C=O) groups is 1. The lowest BCUT2D eigenvalue weighted by Crippen LogP contribution is -2.28. The molecule has 1 aromatic heterocycles. The van der Waals surface area contributed by atoms with Crippen molar-refractivity contribution in [1.29, 1.82) is 0 Å². The van der Waals surface area contributed by atoms with Crippen LogP contribution in [0.1, 0.15) is 63.0 Å². The Labute approximate surface area is 110 Å². The first-order chi connectivity index (χ1) is 8.46. The standard InChI is InChI=1S/C16H25NO/c1-5-12(6-2)11-17-8-7-13-14(17)9-16(3,4)10-15(13)18/h7-8,12H,5-6,9-11H2,1-4H3. The van der Waals surface area contributed by atoms with Crippen LogP contribution in [0.25, 0.3) is 0 Å². The number of fused-ring (bicyclic) bond motifs is 1. The van der Waals surface area contributed by atoms with Gasteiger partial charge in [-0.05, 0) is 23.8 Å². The van der Waals surface area contributed by atoms with Crippen molar-refractivity contribution in [2.75, 3.05) is 0 Å². The Kier molecular flexibility index (Phi) is 3.65. The Morgan fingerprint density at radius 2 is 1.94 bits per heavy atom. The molecule has 0 radical (unpaired) electrons. The molecule has 0 saturated carbocycles. The monoisotopic (exact) mass is 247 g/mol. The predicted molar refractivity (Wildman–Crippen MR) is 74.9 cm³/mol. The number of nitrogens with zero attached hydrogens (tertiary/aromatic N) is 1. The minimum Gasteiger partial charge on any atom is -0.350 e. The van der Waals surface area contributed by atoms with Crippen molar-refractivity contribution in [3.8, 4) is 0 Å². The normalized spacial score (nSPS) is 18.2. The summed E-state index contributed by atoms with van der Waals surface area (Å²) in [6.45, 7) is 9.95. The molecule has 0 atom stereocenters. The molecule has 0 fully saturated rings. The molecule has 0 saturated heterocycles. The Morgan fingerprint density at radius 3 is 2.56 bits per heavy atom. The molecule has 0 unspecified atom stereocenters. The van der Waals surface area contributed by atoms with Gasteiger partial charge in [0, 0.05) is 30.4 Å². The van der Waals surface area contributed by atoms with E-state index in [-0.39, 0.29) is 5.41 Å². The van der Waals surface area contributed by atoms with Gasteiger partial charge in [-0.1, -0.05) is 40.5 Å². The highest BCUT2D eigenvalue weighted by atomic mass is 16.1. The summed E-state index contributed by atoms with van der Waals surface area (Å²) in [6.07, 6.45) is 6.25. The van der Waals surface area contributed by atoms with Crippen molar-refractivity contribution in [3.63, 3.8) is 0 Å². The highest BCUT2D eigenvalue weighted by Gasteiger charge is 2.33. The van der Waals surface area contributed by atoms with Crippen molar-refractivity contribution < 1.29 is 4.79 Å². The summed E-state index contributed by atoms with van der Waals surface area (Å²) in [6, 6.07) is 2.02. The van der Waals surface area contributed by atoms with Crippen LogP contribution in [0.4, 0.5) is 0 Å². The van der Waals surface area contributed by atoms with Gasteiger partial charge in [0.05, 0.1) is 0 Å². The van der Waals surface area contributed by atoms with Crippen LogP contribution in [0.3, 0.4) is 0 Å². The Balaban J connectivity index is 2.28. The van der Waals surface area contributed by atoms with Gasteiger partial charge in [-0.2, -0.15) is 0 Å². The van der Waals surface area contributed by atoms with E-state index in [0.29, 0.717) is 12.2 Å². The number of rotatable bonds is 4. The molecular formula is C16H25NO. The molecule has 0 amide bonds. The smallest absolute Gasteiger partial charge is 0.165 e. The van der Waals surface area contributed by atoms with Gasteiger partial charge in [-0.3, -0.25) is 4.79 Å². The van der Waals surface area contributed by atoms with E-state index < -0.39 is 0 Å². The lowest BCUT2D eigenvalue weighted by Gasteiger charge is -2.30. The fraction of sp³-hybridized carbons (Fsp3) is 0.688. The molecule has 0 N–H and O–H groups in total. The lowest BCUT2D eigenvalue weighted by atomic mass is 9.76. The lowest BCUT2D eigenvalue weighted by molar-refractivity contribution is 0.0909. The van der Waals surface area contributed by atoms with E-state index >= 15 is 0 Å². The van der Waals surface area contributed by atoms with Gasteiger partial charge in [0.15, 0.2) is 5.78 Å². The molecular weight excluding hydrogens is 222 g/mol. The number of aromatic nitrogens is 1. The second-order valence-corrected chi connectivity index (χ2v) is 6.45. The average molecular weight is 247 g/mol. The van der Waals surface area contributed by atoms with Gasteiger partial charge >= 0.3 is 0 Å². The topological polar surface area (TPSA) is 22.0 Å². The minimum absolute atomic E-state index is 0.119. The van der Waals surface area contributed by atoms with Crippen LogP contribution in [0.15, 0.2) is 12.3 Å². The van der Waals surface area contributed by atoms with Crippen molar-refractivity contribution in [3.05, 3.63) is 23.5 Å². The molecule has 0 aliphatic heterocycles. The minimum atomic E-state index is 0.119. The molecule has 1 aliphatic carbocycles. The highest BCUT2D eigenvalue weighted by molar-refractivity contribution is 5.98. The summed E-state index contributed by atoms with van der Waals surface area (Å²) < 4.78 is 2.33. The first-order valence-corrected chi connectivity index (χ1v) is 7.18. The summed E-state index contributed by atoms with van der Waals surface area (Å²) in [4.78, 5) is 12.1. The molecule has 2 heteroatoms. The molecule has 2 rings (SSSR count). The van der Waals surface area contributed by atoms with E-state index in [1.54, 1.807) is 0 Å². The van der Waals surface area contributed by atoms with Gasteiger partial charge in [-0.15, -0.1) is 0 Å². The van der Waals surface area contributed by atoms with E-state index in [0.717, 1.165) is 24.4 Å². The van der Waals surface area contributed by atoms with Crippen LogP contribution in [-0.2, 0) is 13.0 Å². The molecule has 1 aromatic rings. The van der Waals surface area contributed by atoms with Crippen LogP contribution in [-0.4, -0.2) is 10.4 Å². The molecule has 100 valence electrons. The van der Waals surface area contributed by atoms with Crippen molar-refractivity contribution in [2.45, 2.75) is 59.9 Å². The van der Waals surface area contributed by atoms with E-state index in [1.165, 1.54) is 18.5 Å². The SMILES string of the molecule is CCC(CC)Cn1ccc2c1CC(C)(C)CC2=O. The van der Waals surface area contributed by atoms with Gasteiger partial charge in [-0.25, -0.2) is 0 Å². The molecule has 18 heavy (non-hydrogen) atoms. The third-order valence-electron chi connectivity index (χ3n) is 4.27. The van der Waals surface area contributed by atoms with Gasteiger partial charge < -0.3 is 4.57 Å². The quantitative estimate of drug-likeness (QED) is 0.785. The summed E-state index contributed by atoms with van der Waals surface area (Å²) in [7, 11) is 0. The molecule has 1 heterocycles. The second kappa shape index (κ2) is 4.91. The van der Waals surface area contributed by atoms with E-state index in [4.69, 9.17) is 0 Å². The first-order valence-electron chi connectivity index (χ1n) is 7.18. The maximum absolute atomic E-state index is 12.1. The maximum atomic E-state index is 12.1. The molecule has 0 spiro atoms. The first kappa shape index (κ1) is 13.4. The summed E-state index contributed by atoms with van der Waals surface area (Å²) >= 11 is 0. The van der Waals surface area contributed by atoms with Crippen molar-refractivity contribution in [2.24, 2.45) is 11.3 Å². The van der Waals surface area contributed by atoms with Crippen LogP contribution in [0.2, 0.25) is 0 Å². The third-order valence-corrected chi connectivity index (χ3v) is 4.27. The van der Waals surface area contributed by atoms with Crippen molar-refractivity contribution >= 4 is 5.78 Å². The molecule has 2 nitrogen and oxygen atoms in total. The van der Waals surface area contributed by atoms with Gasteiger partial charge in [0.25, 0.3) is 0 Å². The van der Waals surface area contributed by atoms with E-state index in [2.05, 4.69) is 38.5 Å². The number of carbonyl (C=O) groups excluding carboxylic acids is 1. The predicted octanol–water partition coefficient (Wildman–Crippen LogP) is 4.08. The molecule has 1 aliphatic rings. The summed E-state index contributed by atoms with van der Waals surface area (Å²) in [5.74, 6) is 1.05. The van der Waals surface area contributed by atoms with E-state index in [1.807, 2.05) is 6.07 Å². The summed E-state index contributed by atoms with van der Waals surface area (Å²) in [5.41, 5.74) is 2.36. The zero-order valence-electron chi connectivity index (χ0n) is 12.1. The third kappa shape index (κ3) is 2.52. The number of hydrogen-bond donors (Lipinski definition) is 0. The second-order valence-electron chi connectivity index (χ2n) is 6.45. The molecule has 0 bridgehead atoms. The van der Waals surface area contributed by atoms with Crippen LogP contribution in [0.5, 0.6) is 0 Å². The summed E-state index contributed by atoms with van der Waals surface area (Å²) in [5, 5.41) is 0. The average Bonchev–Trinajstić information content (AvgIpc) is 2.67. The fourth-order valence-corrected chi connectivity index (χ4v) is 3.00. The Bertz CT molecular complexity index is 438. The van der Waals surface area contributed by atoms with Gasteiger partial charge in [0.1, 0.15) is 0 Å². The van der Waals surface area contributed by atoms with Crippen LogP contribution in [0, 0.1) is 11.3 Å². The Morgan fingerprint density at radius 1 is 1.28 bits per heavy atom. The molecule has 0 aromatic carbocycles. The largest absolute Gasteiger partial charge is 0.350 e. The van der Waals surface area contributed by atoms with Crippen molar-refractivity contribution in [1.82, 2.24) is 4.57 Å². The van der Waals surface area contributed by atoms with Crippen LogP contribution < -0.4 is 0 Å². The Hall–Kier alpha value is -1.05. The zero-order chi connectivity index (χ0) is 13.3. The zero-order valence-corrected chi connectivity index (χ0v) is 12.1.